The predicted octanol–water partition coefficient (Wildman–Crippen LogP) is 5.25. The fraction of sp³-hybridized carbons (Fsp3) is 0.787. The highest BCUT2D eigenvalue weighted by atomic mass is 16.7. The number of hydrogen-bond donors (Lipinski definition) is 7. The van der Waals surface area contributed by atoms with Crippen molar-refractivity contribution in [3.63, 3.8) is 0 Å². The van der Waals surface area contributed by atoms with Crippen LogP contribution in [-0.2, 0) is 61.7 Å². The number of allylic oxidation sites excluding steroid dienone is 3. The van der Waals surface area contributed by atoms with Gasteiger partial charge in [0, 0.05) is 67.9 Å². The third-order valence-electron chi connectivity index (χ3n) is 19.9. The lowest BCUT2D eigenvalue weighted by Crippen LogP contribution is -2.66. The molecule has 2 bridgehead atoms. The largest absolute Gasteiger partial charge is 0.511 e. The first-order valence-corrected chi connectivity index (χ1v) is 29.7. The SMILES string of the molecule is COC(=O)NC1C(C)OC(O[C@H]2C/C=C(/C)[C@@H]3C=C[C@@H]4[C@@H](OC5CC(OC6CC(O)C(OC7CC(O)C(OC)C(C)O7)C(C)O6)C(O)C(C)O5)[C@H](C)C[C@H](C)[C@H]4[C@]3(C)C(O)=C3C(=O)O[C@]4(C[C@@H](C)C(CO)=C[C@H]4/C=C\2C)C3=O)CC1(C)N. The summed E-state index contributed by atoms with van der Waals surface area (Å²) in [6, 6.07) is -0.595. The number of fused-ring (bicyclic) bond motifs is 4. The number of amides is 1. The summed E-state index contributed by atoms with van der Waals surface area (Å²) < 4.78 is 68.4. The molecule has 0 aromatic rings. The summed E-state index contributed by atoms with van der Waals surface area (Å²) in [5, 5.41) is 60.3. The smallest absolute Gasteiger partial charge is 0.407 e. The lowest BCUT2D eigenvalue weighted by atomic mass is 9.49. The third-order valence-corrected chi connectivity index (χ3v) is 19.9. The zero-order chi connectivity index (χ0) is 59.7. The number of nitrogens with one attached hydrogen (secondary N) is 1. The van der Waals surface area contributed by atoms with Crippen LogP contribution >= 0.6 is 0 Å². The van der Waals surface area contributed by atoms with Gasteiger partial charge in [-0.05, 0) is 96.1 Å². The Bertz CT molecular complexity index is 2490. The van der Waals surface area contributed by atoms with Gasteiger partial charge >= 0.3 is 12.1 Å². The summed E-state index contributed by atoms with van der Waals surface area (Å²) >= 11 is 0. The average molecular weight is 1160 g/mol. The first-order valence-electron chi connectivity index (χ1n) is 29.7. The molecule has 5 saturated heterocycles. The fourth-order valence-electron chi connectivity index (χ4n) is 15.7. The summed E-state index contributed by atoms with van der Waals surface area (Å²) in [7, 11) is 2.79. The number of hydrogen-bond acceptors (Lipinski definition) is 20. The number of rotatable bonds is 11. The van der Waals surface area contributed by atoms with Crippen molar-refractivity contribution < 1.29 is 92.0 Å². The quantitative estimate of drug-likeness (QED) is 0.0789. The van der Waals surface area contributed by atoms with Crippen LogP contribution in [0.3, 0.4) is 0 Å². The van der Waals surface area contributed by atoms with Crippen molar-refractivity contribution in [3.05, 3.63) is 58.4 Å². The molecule has 27 atom stereocenters. The molecule has 21 nitrogen and oxygen atoms in total. The van der Waals surface area contributed by atoms with Crippen molar-refractivity contribution in [2.45, 2.75) is 237 Å². The van der Waals surface area contributed by atoms with Crippen LogP contribution in [0.5, 0.6) is 0 Å². The molecule has 1 saturated carbocycles. The van der Waals surface area contributed by atoms with E-state index in [0.29, 0.717) is 24.0 Å². The Hall–Kier alpha value is -3.65. The maximum atomic E-state index is 15.6. The van der Waals surface area contributed by atoms with Crippen LogP contribution in [0, 0.1) is 46.8 Å². The lowest BCUT2D eigenvalue weighted by molar-refractivity contribution is -0.335. The normalized spacial score (nSPS) is 49.4. The van der Waals surface area contributed by atoms with Gasteiger partial charge in [0.2, 0.25) is 5.78 Å². The Kier molecular flexibility index (Phi) is 18.9. The molecule has 21 heteroatoms. The molecule has 0 aromatic carbocycles. The second-order valence-electron chi connectivity index (χ2n) is 25.8. The van der Waals surface area contributed by atoms with Crippen LogP contribution in [0.25, 0.3) is 0 Å². The van der Waals surface area contributed by atoms with Crippen molar-refractivity contribution in [3.8, 4) is 0 Å². The number of aliphatic hydroxyl groups is 5. The van der Waals surface area contributed by atoms with Crippen LogP contribution in [0.4, 0.5) is 4.79 Å². The summed E-state index contributed by atoms with van der Waals surface area (Å²) in [4.78, 5) is 42.6. The number of alkyl carbamates (subject to hydrolysis) is 1. The molecular weight excluding hydrogens is 1060 g/mol. The molecule has 0 radical (unpaired) electrons. The first-order chi connectivity index (χ1) is 38.6. The minimum atomic E-state index is -1.75. The molecule has 6 fully saturated rings. The molecule has 1 amide bonds. The number of carbonyl (C=O) groups excluding carboxylic acids is 3. The summed E-state index contributed by atoms with van der Waals surface area (Å²) in [6.07, 6.45) is -1.16. The van der Waals surface area contributed by atoms with Crippen molar-refractivity contribution in [1.82, 2.24) is 5.32 Å². The zero-order valence-corrected chi connectivity index (χ0v) is 49.9. The Labute approximate surface area is 482 Å². The molecule has 5 aliphatic heterocycles. The molecule has 5 heterocycles. The Morgan fingerprint density at radius 2 is 1.37 bits per heavy atom. The summed E-state index contributed by atoms with van der Waals surface area (Å²) in [5.41, 5.74) is 4.75. The van der Waals surface area contributed by atoms with E-state index in [9.17, 15) is 35.1 Å². The van der Waals surface area contributed by atoms with E-state index in [0.717, 1.165) is 5.57 Å². The van der Waals surface area contributed by atoms with Crippen molar-refractivity contribution in [2.75, 3.05) is 20.8 Å². The van der Waals surface area contributed by atoms with E-state index in [4.69, 9.17) is 57.8 Å². The van der Waals surface area contributed by atoms with E-state index in [-0.39, 0.29) is 73.7 Å². The predicted molar refractivity (Wildman–Crippen MR) is 295 cm³/mol. The molecule has 1 spiro atoms. The van der Waals surface area contributed by atoms with Gasteiger partial charge < -0.3 is 88.7 Å². The van der Waals surface area contributed by atoms with E-state index in [1.54, 1.807) is 26.8 Å². The van der Waals surface area contributed by atoms with Gasteiger partial charge in [0.05, 0.1) is 74.7 Å². The lowest BCUT2D eigenvalue weighted by Gasteiger charge is -2.56. The minimum Gasteiger partial charge on any atom is -0.511 e. The standard InChI is InChI=1S/C61H92N2O19/c1-27-14-17-42(78-47-25-59(10,62)54(35(9)77-47)63-58(71)73-13)28(2)19-37-20-36(26-64)31(5)24-61(37)56(69)48(57(70)82-61)55(68)60(11)39(27)16-15-38-49(60)29(3)18-30(4)51(38)80-46-23-43(50(67)32(6)74-46)79-44-22-41(66)53(34(8)76-44)81-45-21-40(65)52(72-12)33(7)75-45/h14-16,19-20,29-35,37-47,49-54,64-68H,17-18,21-26,62H2,1-13H3,(H,63,71)/b27-14-,28-19-,55-48?/t29-,30+,31+,32?,33?,34?,35?,37+,38-,39-,40?,41?,42-,43?,44?,45?,46?,47?,49+,50?,51-,52?,53?,54?,59?,60+,61-/m0/s1. The number of Topliss-reactive ketones (excluding diaryl/α,β-unsaturated/α-hetero) is 1. The van der Waals surface area contributed by atoms with Gasteiger partial charge in [-0.3, -0.25) is 4.79 Å². The molecule has 8 N–H and O–H groups in total. The number of ketones is 1. The average Bonchev–Trinajstić information content (AvgIpc) is 3.56. The molecule has 16 unspecified atom stereocenters. The molecule has 82 heavy (non-hydrogen) atoms. The van der Waals surface area contributed by atoms with Crippen molar-refractivity contribution >= 4 is 17.8 Å². The number of esters is 1. The van der Waals surface area contributed by atoms with Crippen LogP contribution in [0.2, 0.25) is 0 Å². The van der Waals surface area contributed by atoms with Gasteiger partial charge in [0.25, 0.3) is 0 Å². The first kappa shape index (κ1) is 62.9. The highest BCUT2D eigenvalue weighted by Crippen LogP contribution is 2.61. The van der Waals surface area contributed by atoms with Gasteiger partial charge in [0.1, 0.15) is 29.6 Å². The summed E-state index contributed by atoms with van der Waals surface area (Å²) in [5.74, 6) is -4.54. The maximum Gasteiger partial charge on any atom is 0.407 e. The van der Waals surface area contributed by atoms with E-state index in [1.807, 2.05) is 47.6 Å². The highest BCUT2D eigenvalue weighted by molar-refractivity contribution is 6.26. The number of methoxy groups -OCH3 is 2. The molecule has 460 valence electrons. The monoisotopic (exact) mass is 1160 g/mol. The summed E-state index contributed by atoms with van der Waals surface area (Å²) in [6.45, 7) is 20.6. The van der Waals surface area contributed by atoms with E-state index in [2.05, 4.69) is 37.4 Å². The Morgan fingerprint density at radius 1 is 0.744 bits per heavy atom. The number of ether oxygens (including phenoxy) is 11. The second kappa shape index (κ2) is 24.6. The van der Waals surface area contributed by atoms with Gasteiger partial charge in [-0.15, -0.1) is 0 Å². The molecule has 9 aliphatic rings. The van der Waals surface area contributed by atoms with Gasteiger partial charge in [-0.2, -0.15) is 0 Å². The van der Waals surface area contributed by atoms with E-state index < -0.39 is 157 Å². The van der Waals surface area contributed by atoms with E-state index in [1.165, 1.54) is 14.2 Å². The third kappa shape index (κ3) is 11.8. The van der Waals surface area contributed by atoms with Gasteiger partial charge in [-0.25, -0.2) is 9.59 Å². The Morgan fingerprint density at radius 3 is 2.00 bits per heavy atom. The highest BCUT2D eigenvalue weighted by Gasteiger charge is 2.64. The molecule has 4 aliphatic carbocycles. The zero-order valence-electron chi connectivity index (χ0n) is 49.9. The molecule has 9 rings (SSSR count). The molecule has 0 aromatic heterocycles. The van der Waals surface area contributed by atoms with Crippen molar-refractivity contribution in [1.29, 1.82) is 0 Å². The maximum absolute atomic E-state index is 15.6. The number of nitrogens with two attached hydrogens (primary N) is 1. The van der Waals surface area contributed by atoms with E-state index >= 15 is 4.79 Å². The van der Waals surface area contributed by atoms with Crippen LogP contribution in [0.1, 0.15) is 121 Å². The van der Waals surface area contributed by atoms with Crippen molar-refractivity contribution in [2.24, 2.45) is 52.6 Å². The second-order valence-corrected chi connectivity index (χ2v) is 25.8. The topological polar surface area (TPSA) is 292 Å². The number of carbonyl (C=O) groups is 3. The molecular formula is C61H92N2O19. The van der Waals surface area contributed by atoms with Gasteiger partial charge in [-0.1, -0.05) is 63.6 Å². The van der Waals surface area contributed by atoms with Crippen LogP contribution in [0.15, 0.2) is 58.4 Å². The number of aliphatic hydroxyl groups excluding tert-OH is 5. The van der Waals surface area contributed by atoms with Gasteiger partial charge in [0.15, 0.2) is 30.8 Å². The van der Waals surface area contributed by atoms with Crippen LogP contribution < -0.4 is 11.1 Å². The Balaban J connectivity index is 1.00. The minimum absolute atomic E-state index is 0.0320. The fourth-order valence-corrected chi connectivity index (χ4v) is 15.7. The van der Waals surface area contributed by atoms with Crippen LogP contribution in [-0.4, -0.2) is 180 Å².